The van der Waals surface area contributed by atoms with Gasteiger partial charge in [0.05, 0.1) is 0 Å². The van der Waals surface area contributed by atoms with Gasteiger partial charge < -0.3 is 5.32 Å². The van der Waals surface area contributed by atoms with Crippen molar-refractivity contribution in [1.29, 1.82) is 0 Å². The number of hydrogen-bond donors (Lipinski definition) is 1. The van der Waals surface area contributed by atoms with Gasteiger partial charge >= 0.3 is 0 Å². The standard InChI is InChI=1S/C24H25ClN2/c25-24-9-5-4-8-23(24)21-12-10-20(11-13-21)17-27-15-14-26-22(18-27)16-19-6-2-1-3-7-19/h1-13,22,26H,14-18H2. The SMILES string of the molecule is Clc1ccccc1-c1ccc(CN2CCNC(Cc3ccccc3)C2)cc1. The third-order valence-electron chi connectivity index (χ3n) is 5.21. The van der Waals surface area contributed by atoms with Gasteiger partial charge in [-0.05, 0) is 29.2 Å². The Morgan fingerprint density at radius 1 is 0.852 bits per heavy atom. The number of nitrogens with zero attached hydrogens (tertiary/aromatic N) is 1. The molecule has 3 heteroatoms. The van der Waals surface area contributed by atoms with Gasteiger partial charge in [-0.1, -0.05) is 84.4 Å². The fourth-order valence-corrected chi connectivity index (χ4v) is 4.06. The first-order valence-electron chi connectivity index (χ1n) is 9.61. The van der Waals surface area contributed by atoms with Crippen LogP contribution in [0.4, 0.5) is 0 Å². The van der Waals surface area contributed by atoms with Crippen LogP contribution in [-0.4, -0.2) is 30.6 Å². The van der Waals surface area contributed by atoms with Gasteiger partial charge in [0.2, 0.25) is 0 Å². The van der Waals surface area contributed by atoms with Crippen molar-refractivity contribution in [2.45, 2.75) is 19.0 Å². The van der Waals surface area contributed by atoms with Crippen molar-refractivity contribution in [3.8, 4) is 11.1 Å². The Balaban J connectivity index is 1.38. The van der Waals surface area contributed by atoms with Crippen LogP contribution in [0, 0.1) is 0 Å². The van der Waals surface area contributed by atoms with Crippen LogP contribution < -0.4 is 5.32 Å². The monoisotopic (exact) mass is 376 g/mol. The van der Waals surface area contributed by atoms with Gasteiger partial charge in [-0.2, -0.15) is 0 Å². The van der Waals surface area contributed by atoms with E-state index in [1.807, 2.05) is 18.2 Å². The minimum Gasteiger partial charge on any atom is -0.311 e. The summed E-state index contributed by atoms with van der Waals surface area (Å²) in [5.74, 6) is 0. The molecule has 0 amide bonds. The van der Waals surface area contributed by atoms with E-state index in [1.54, 1.807) is 0 Å². The van der Waals surface area contributed by atoms with Gasteiger partial charge in [0.1, 0.15) is 0 Å². The summed E-state index contributed by atoms with van der Waals surface area (Å²) in [7, 11) is 0. The molecule has 1 aliphatic heterocycles. The molecule has 0 spiro atoms. The third kappa shape index (κ3) is 4.78. The maximum absolute atomic E-state index is 6.32. The van der Waals surface area contributed by atoms with Crippen LogP contribution in [0.2, 0.25) is 5.02 Å². The lowest BCUT2D eigenvalue weighted by Gasteiger charge is -2.34. The Bertz CT molecular complexity index is 861. The van der Waals surface area contributed by atoms with Crippen LogP contribution in [0.15, 0.2) is 78.9 Å². The van der Waals surface area contributed by atoms with E-state index in [9.17, 15) is 0 Å². The Kier molecular flexibility index (Phi) is 5.88. The first-order chi connectivity index (χ1) is 13.3. The molecule has 27 heavy (non-hydrogen) atoms. The average molecular weight is 377 g/mol. The second-order valence-electron chi connectivity index (χ2n) is 7.25. The molecule has 2 nitrogen and oxygen atoms in total. The zero-order valence-electron chi connectivity index (χ0n) is 15.4. The molecule has 1 heterocycles. The second-order valence-corrected chi connectivity index (χ2v) is 7.66. The summed E-state index contributed by atoms with van der Waals surface area (Å²) >= 11 is 6.32. The van der Waals surface area contributed by atoms with Crippen LogP contribution in [-0.2, 0) is 13.0 Å². The normalized spacial score (nSPS) is 17.7. The van der Waals surface area contributed by atoms with Gasteiger partial charge in [-0.25, -0.2) is 0 Å². The van der Waals surface area contributed by atoms with E-state index in [4.69, 9.17) is 11.6 Å². The minimum absolute atomic E-state index is 0.517. The van der Waals surface area contributed by atoms with Crippen molar-refractivity contribution in [2.75, 3.05) is 19.6 Å². The summed E-state index contributed by atoms with van der Waals surface area (Å²) in [4.78, 5) is 2.55. The average Bonchev–Trinajstić information content (AvgIpc) is 2.70. The highest BCUT2D eigenvalue weighted by atomic mass is 35.5. The molecule has 1 fully saturated rings. The molecule has 0 aromatic heterocycles. The number of rotatable bonds is 5. The molecule has 3 aromatic rings. The number of nitrogens with one attached hydrogen (secondary N) is 1. The van der Waals surface area contributed by atoms with E-state index < -0.39 is 0 Å². The summed E-state index contributed by atoms with van der Waals surface area (Å²) in [6.07, 6.45) is 1.09. The molecule has 1 N–H and O–H groups in total. The van der Waals surface area contributed by atoms with Crippen LogP contribution >= 0.6 is 11.6 Å². The van der Waals surface area contributed by atoms with E-state index in [0.717, 1.165) is 43.2 Å². The first-order valence-corrected chi connectivity index (χ1v) is 9.99. The first kappa shape index (κ1) is 18.2. The van der Waals surface area contributed by atoms with Gasteiger partial charge in [0.15, 0.2) is 0 Å². The largest absolute Gasteiger partial charge is 0.311 e. The fraction of sp³-hybridized carbons (Fsp3) is 0.250. The summed E-state index contributed by atoms with van der Waals surface area (Å²) < 4.78 is 0. The number of benzene rings is 3. The highest BCUT2D eigenvalue weighted by Gasteiger charge is 2.19. The van der Waals surface area contributed by atoms with E-state index in [-0.39, 0.29) is 0 Å². The summed E-state index contributed by atoms with van der Waals surface area (Å²) in [5, 5.41) is 4.47. The lowest BCUT2D eigenvalue weighted by atomic mass is 10.0. The van der Waals surface area contributed by atoms with Crippen molar-refractivity contribution < 1.29 is 0 Å². The summed E-state index contributed by atoms with van der Waals surface area (Å²) in [6.45, 7) is 4.23. The number of hydrogen-bond acceptors (Lipinski definition) is 2. The molecule has 1 saturated heterocycles. The predicted molar refractivity (Wildman–Crippen MR) is 114 cm³/mol. The molecule has 3 aromatic carbocycles. The van der Waals surface area contributed by atoms with Gasteiger partial charge in [-0.3, -0.25) is 4.90 Å². The zero-order valence-corrected chi connectivity index (χ0v) is 16.2. The van der Waals surface area contributed by atoms with Crippen LogP contribution in [0.25, 0.3) is 11.1 Å². The molecule has 0 saturated carbocycles. The maximum atomic E-state index is 6.32. The van der Waals surface area contributed by atoms with Crippen LogP contribution in [0.1, 0.15) is 11.1 Å². The van der Waals surface area contributed by atoms with Crippen molar-refractivity contribution >= 4 is 11.6 Å². The highest BCUT2D eigenvalue weighted by Crippen LogP contribution is 2.27. The smallest absolute Gasteiger partial charge is 0.0484 e. The maximum Gasteiger partial charge on any atom is 0.0484 e. The molecule has 0 bridgehead atoms. The summed E-state index contributed by atoms with van der Waals surface area (Å²) in [6, 6.07) is 28.1. The lowest BCUT2D eigenvalue weighted by Crippen LogP contribution is -2.51. The highest BCUT2D eigenvalue weighted by molar-refractivity contribution is 6.33. The predicted octanol–water partition coefficient (Wildman–Crippen LogP) is 5.02. The van der Waals surface area contributed by atoms with E-state index in [0.29, 0.717) is 6.04 Å². The lowest BCUT2D eigenvalue weighted by molar-refractivity contribution is 0.192. The van der Waals surface area contributed by atoms with Crippen molar-refractivity contribution in [2.24, 2.45) is 0 Å². The zero-order chi connectivity index (χ0) is 18.5. The molecular formula is C24H25ClN2. The molecule has 4 rings (SSSR count). The molecule has 1 aliphatic rings. The van der Waals surface area contributed by atoms with E-state index >= 15 is 0 Å². The molecule has 1 atom stereocenters. The Morgan fingerprint density at radius 2 is 1.59 bits per heavy atom. The quantitative estimate of drug-likeness (QED) is 0.672. The Hall–Kier alpha value is -2.13. The van der Waals surface area contributed by atoms with Crippen molar-refractivity contribution in [3.05, 3.63) is 95.0 Å². The molecule has 0 radical (unpaired) electrons. The van der Waals surface area contributed by atoms with Gasteiger partial charge in [-0.15, -0.1) is 0 Å². The molecule has 1 unspecified atom stereocenters. The van der Waals surface area contributed by atoms with Gasteiger partial charge in [0.25, 0.3) is 0 Å². The second kappa shape index (κ2) is 8.71. The molecule has 138 valence electrons. The summed E-state index contributed by atoms with van der Waals surface area (Å²) in [5.41, 5.74) is 5.02. The Morgan fingerprint density at radius 3 is 2.37 bits per heavy atom. The molecule has 0 aliphatic carbocycles. The number of halogens is 1. The van der Waals surface area contributed by atoms with E-state index in [1.165, 1.54) is 16.7 Å². The Labute approximate surface area is 166 Å². The molecular weight excluding hydrogens is 352 g/mol. The topological polar surface area (TPSA) is 15.3 Å². The number of piperazine rings is 1. The van der Waals surface area contributed by atoms with Crippen molar-refractivity contribution in [1.82, 2.24) is 10.2 Å². The van der Waals surface area contributed by atoms with Crippen LogP contribution in [0.5, 0.6) is 0 Å². The minimum atomic E-state index is 0.517. The third-order valence-corrected chi connectivity index (χ3v) is 5.54. The van der Waals surface area contributed by atoms with Crippen LogP contribution in [0.3, 0.4) is 0 Å². The van der Waals surface area contributed by atoms with Gasteiger partial charge in [0, 0.05) is 42.8 Å². The fourth-order valence-electron chi connectivity index (χ4n) is 3.82. The van der Waals surface area contributed by atoms with Crippen molar-refractivity contribution in [3.63, 3.8) is 0 Å². The van der Waals surface area contributed by atoms with E-state index in [2.05, 4.69) is 70.9 Å².